The van der Waals surface area contributed by atoms with Crippen LogP contribution in [0.5, 0.6) is 0 Å². The Morgan fingerprint density at radius 1 is 0.652 bits per heavy atom. The molecule has 6 N–H and O–H groups in total. The van der Waals surface area contributed by atoms with E-state index in [1.165, 1.54) is 0 Å². The van der Waals surface area contributed by atoms with Gasteiger partial charge in [-0.15, -0.1) is 0 Å². The van der Waals surface area contributed by atoms with Crippen molar-refractivity contribution in [2.45, 2.75) is 24.9 Å². The second kappa shape index (κ2) is 17.6. The molecule has 0 amide bonds. The molecule has 0 aliphatic carbocycles. The SMILES string of the molecule is O=C(O)CC(NCCNC(CC(=O)O)C(=O)O)C(=O)O.[Na].[Na].[Na]. The number of carboxylic acid groups (broad SMARTS) is 4. The van der Waals surface area contributed by atoms with Crippen molar-refractivity contribution in [2.24, 2.45) is 0 Å². The minimum absolute atomic E-state index is 0. The predicted molar refractivity (Wildman–Crippen MR) is 80.6 cm³/mol. The number of nitrogens with one attached hydrogen (secondary N) is 2. The van der Waals surface area contributed by atoms with Crippen molar-refractivity contribution in [2.75, 3.05) is 13.1 Å². The molecule has 3 radical (unpaired) electrons. The van der Waals surface area contributed by atoms with E-state index in [-0.39, 0.29) is 102 Å². The Morgan fingerprint density at radius 2 is 0.913 bits per heavy atom. The summed E-state index contributed by atoms with van der Waals surface area (Å²) in [7, 11) is 0. The molecule has 13 heteroatoms. The molecular formula is C10H16N2Na3O8. The standard InChI is InChI=1S/C10H16N2O8.3Na/c13-7(14)3-5(9(17)18)11-1-2-12-6(10(19)20)4-8(15)16;;;/h5-6,11-12H,1-4H2,(H,13,14)(H,15,16)(H,17,18)(H,19,20);;;. The van der Waals surface area contributed by atoms with Crippen LogP contribution in [0.3, 0.4) is 0 Å². The average Bonchev–Trinajstić information content (AvgIpc) is 2.29. The largest absolute Gasteiger partial charge is 0.481 e. The molecule has 0 bridgehead atoms. The van der Waals surface area contributed by atoms with Crippen LogP contribution < -0.4 is 10.6 Å². The van der Waals surface area contributed by atoms with Crippen LogP contribution in [-0.4, -0.2) is 158 Å². The van der Waals surface area contributed by atoms with Crippen molar-refractivity contribution >= 4 is 113 Å². The van der Waals surface area contributed by atoms with E-state index in [0.717, 1.165) is 0 Å². The second-order valence-corrected chi connectivity index (χ2v) is 3.89. The molecule has 0 heterocycles. The van der Waals surface area contributed by atoms with Gasteiger partial charge in [0.25, 0.3) is 0 Å². The van der Waals surface area contributed by atoms with Crippen LogP contribution in [0.15, 0.2) is 0 Å². The molecule has 10 nitrogen and oxygen atoms in total. The summed E-state index contributed by atoms with van der Waals surface area (Å²) in [6.07, 6.45) is -1.24. The van der Waals surface area contributed by atoms with E-state index in [9.17, 15) is 19.2 Å². The van der Waals surface area contributed by atoms with Gasteiger partial charge in [-0.3, -0.25) is 19.2 Å². The van der Waals surface area contributed by atoms with E-state index in [2.05, 4.69) is 10.6 Å². The first-order valence-corrected chi connectivity index (χ1v) is 5.60. The molecule has 0 saturated heterocycles. The summed E-state index contributed by atoms with van der Waals surface area (Å²) in [4.78, 5) is 42.2. The smallest absolute Gasteiger partial charge is 0.321 e. The molecule has 0 spiro atoms. The Labute approximate surface area is 198 Å². The van der Waals surface area contributed by atoms with Gasteiger partial charge < -0.3 is 31.1 Å². The van der Waals surface area contributed by atoms with Gasteiger partial charge in [-0.2, -0.15) is 0 Å². The molecule has 23 heavy (non-hydrogen) atoms. The Morgan fingerprint density at radius 3 is 1.09 bits per heavy atom. The van der Waals surface area contributed by atoms with Crippen molar-refractivity contribution < 1.29 is 39.6 Å². The van der Waals surface area contributed by atoms with Crippen LogP contribution in [0.4, 0.5) is 0 Å². The number of carboxylic acids is 4. The van der Waals surface area contributed by atoms with E-state index in [1.807, 2.05) is 0 Å². The summed E-state index contributed by atoms with van der Waals surface area (Å²) in [5.74, 6) is -5.25. The molecule has 117 valence electrons. The van der Waals surface area contributed by atoms with Gasteiger partial charge in [-0.25, -0.2) is 0 Å². The summed E-state index contributed by atoms with van der Waals surface area (Å²) in [5, 5.41) is 39.2. The molecule has 0 aromatic rings. The number of rotatable bonds is 11. The summed E-state index contributed by atoms with van der Waals surface area (Å²) < 4.78 is 0. The molecule has 2 unspecified atom stereocenters. The maximum absolute atomic E-state index is 10.7. The van der Waals surface area contributed by atoms with Crippen molar-refractivity contribution in [3.05, 3.63) is 0 Å². The predicted octanol–water partition coefficient (Wildman–Crippen LogP) is -3.12. The number of aliphatic carboxylic acids is 4. The normalized spacial score (nSPS) is 11.7. The van der Waals surface area contributed by atoms with Crippen LogP contribution in [0.25, 0.3) is 0 Å². The molecule has 0 fully saturated rings. The Kier molecular flexibility index (Phi) is 24.2. The third kappa shape index (κ3) is 17.4. The monoisotopic (exact) mass is 361 g/mol. The summed E-state index contributed by atoms with van der Waals surface area (Å²) in [5.41, 5.74) is 0. The van der Waals surface area contributed by atoms with Gasteiger partial charge in [0.1, 0.15) is 12.1 Å². The zero-order valence-electron chi connectivity index (χ0n) is 13.4. The topological polar surface area (TPSA) is 173 Å². The summed E-state index contributed by atoms with van der Waals surface area (Å²) in [6.45, 7) is -0.0404. The molecule has 0 aliphatic heterocycles. The quantitative estimate of drug-likeness (QED) is 0.163. The van der Waals surface area contributed by atoms with Gasteiger partial charge in [-0.05, 0) is 0 Å². The van der Waals surface area contributed by atoms with Crippen molar-refractivity contribution in [3.8, 4) is 0 Å². The van der Waals surface area contributed by atoms with Crippen LogP contribution in [0.2, 0.25) is 0 Å². The Bertz CT molecular complexity index is 360. The van der Waals surface area contributed by atoms with Crippen LogP contribution >= 0.6 is 0 Å². The van der Waals surface area contributed by atoms with E-state index < -0.39 is 48.8 Å². The fourth-order valence-corrected chi connectivity index (χ4v) is 1.34. The molecular weight excluding hydrogens is 345 g/mol. The van der Waals surface area contributed by atoms with Gasteiger partial charge in [0, 0.05) is 102 Å². The Hall–Kier alpha value is 0.800. The van der Waals surface area contributed by atoms with E-state index in [4.69, 9.17) is 20.4 Å². The van der Waals surface area contributed by atoms with Crippen LogP contribution in [-0.2, 0) is 19.2 Å². The van der Waals surface area contributed by atoms with Crippen molar-refractivity contribution in [1.29, 1.82) is 0 Å². The minimum atomic E-state index is -1.34. The van der Waals surface area contributed by atoms with Crippen LogP contribution in [0, 0.1) is 0 Å². The Balaban J connectivity index is -0.000000602. The maximum Gasteiger partial charge on any atom is 0.321 e. The van der Waals surface area contributed by atoms with Crippen LogP contribution in [0.1, 0.15) is 12.8 Å². The van der Waals surface area contributed by atoms with E-state index in [1.54, 1.807) is 0 Å². The summed E-state index contributed by atoms with van der Waals surface area (Å²) in [6, 6.07) is -2.59. The third-order valence-corrected chi connectivity index (χ3v) is 2.26. The molecule has 0 aliphatic rings. The summed E-state index contributed by atoms with van der Waals surface area (Å²) >= 11 is 0. The van der Waals surface area contributed by atoms with Gasteiger partial charge in [0.2, 0.25) is 0 Å². The third-order valence-electron chi connectivity index (χ3n) is 2.26. The maximum atomic E-state index is 10.7. The number of carbonyl (C=O) groups is 4. The van der Waals surface area contributed by atoms with Gasteiger partial charge in [0.15, 0.2) is 0 Å². The molecule has 0 rings (SSSR count). The van der Waals surface area contributed by atoms with Crippen molar-refractivity contribution in [3.63, 3.8) is 0 Å². The first-order valence-electron chi connectivity index (χ1n) is 5.60. The van der Waals surface area contributed by atoms with Gasteiger partial charge in [0.05, 0.1) is 12.8 Å². The minimum Gasteiger partial charge on any atom is -0.481 e. The van der Waals surface area contributed by atoms with E-state index in [0.29, 0.717) is 0 Å². The molecule has 0 aromatic carbocycles. The first kappa shape index (κ1) is 31.6. The van der Waals surface area contributed by atoms with Crippen molar-refractivity contribution in [1.82, 2.24) is 10.6 Å². The van der Waals surface area contributed by atoms with Gasteiger partial charge in [-0.1, -0.05) is 0 Å². The zero-order chi connectivity index (χ0) is 15.7. The van der Waals surface area contributed by atoms with E-state index >= 15 is 0 Å². The average molecular weight is 361 g/mol. The van der Waals surface area contributed by atoms with Gasteiger partial charge >= 0.3 is 23.9 Å². The fraction of sp³-hybridized carbons (Fsp3) is 0.600. The molecule has 0 saturated carbocycles. The molecule has 0 aromatic heterocycles. The fourth-order valence-electron chi connectivity index (χ4n) is 1.34. The molecule has 2 atom stereocenters. The number of hydrogen-bond donors (Lipinski definition) is 6. The zero-order valence-corrected chi connectivity index (χ0v) is 19.4. The number of hydrogen-bond acceptors (Lipinski definition) is 6. The second-order valence-electron chi connectivity index (χ2n) is 3.89. The first-order chi connectivity index (χ1) is 9.23.